The van der Waals surface area contributed by atoms with Gasteiger partial charge >= 0.3 is 5.97 Å². The molecule has 0 aromatic carbocycles. The molecule has 0 spiro atoms. The molecule has 0 atom stereocenters. The standard InChI is InChI=1S/C10H7ClN2O4S2/c11-6-1-2-12-9(3-6)13-19(16,17)7-4-8(10(14)15)18-5-7/h1-5H,(H,12,13)(H,14,15). The highest BCUT2D eigenvalue weighted by Crippen LogP contribution is 2.22. The first-order valence-electron chi connectivity index (χ1n) is 4.85. The summed E-state index contributed by atoms with van der Waals surface area (Å²) in [6.07, 6.45) is 1.36. The number of pyridine rings is 1. The van der Waals surface area contributed by atoms with Gasteiger partial charge in [-0.2, -0.15) is 0 Å². The first kappa shape index (κ1) is 13.8. The lowest BCUT2D eigenvalue weighted by Crippen LogP contribution is -2.13. The van der Waals surface area contributed by atoms with Crippen molar-refractivity contribution in [1.29, 1.82) is 0 Å². The second-order valence-corrected chi connectivity index (χ2v) is 6.45. The van der Waals surface area contributed by atoms with Crippen LogP contribution in [0.1, 0.15) is 9.67 Å². The van der Waals surface area contributed by atoms with Gasteiger partial charge in [0, 0.05) is 22.7 Å². The lowest BCUT2D eigenvalue weighted by molar-refractivity contribution is 0.0702. The lowest BCUT2D eigenvalue weighted by atomic mass is 10.5. The van der Waals surface area contributed by atoms with Crippen LogP contribution in [0, 0.1) is 0 Å². The molecule has 0 aliphatic carbocycles. The second kappa shape index (κ2) is 5.16. The Morgan fingerprint density at radius 2 is 2.16 bits per heavy atom. The minimum atomic E-state index is -3.87. The zero-order valence-electron chi connectivity index (χ0n) is 9.20. The number of aromatic carboxylic acids is 1. The molecule has 0 aliphatic heterocycles. The number of rotatable bonds is 4. The number of thiophene rings is 1. The fraction of sp³-hybridized carbons (Fsp3) is 0. The van der Waals surface area contributed by atoms with Crippen LogP contribution in [0.15, 0.2) is 34.7 Å². The number of aromatic nitrogens is 1. The number of carboxylic acid groups (broad SMARTS) is 1. The van der Waals surface area contributed by atoms with E-state index in [1.54, 1.807) is 0 Å². The number of halogens is 1. The Kier molecular flexibility index (Phi) is 3.74. The Labute approximate surface area is 117 Å². The van der Waals surface area contributed by atoms with Gasteiger partial charge in [-0.05, 0) is 12.1 Å². The number of nitrogens with zero attached hydrogens (tertiary/aromatic N) is 1. The van der Waals surface area contributed by atoms with Crippen molar-refractivity contribution < 1.29 is 18.3 Å². The number of hydrogen-bond acceptors (Lipinski definition) is 5. The van der Waals surface area contributed by atoms with Crippen molar-refractivity contribution in [2.75, 3.05) is 4.72 Å². The molecule has 2 aromatic heterocycles. The van der Waals surface area contributed by atoms with Gasteiger partial charge in [0.05, 0.1) is 4.90 Å². The summed E-state index contributed by atoms with van der Waals surface area (Å²) in [5, 5.41) is 10.3. The molecule has 2 aromatic rings. The van der Waals surface area contributed by atoms with Gasteiger partial charge in [-0.25, -0.2) is 18.2 Å². The number of sulfonamides is 1. The van der Waals surface area contributed by atoms with Crippen LogP contribution < -0.4 is 4.72 Å². The van der Waals surface area contributed by atoms with Gasteiger partial charge in [0.1, 0.15) is 10.7 Å². The second-order valence-electron chi connectivity index (χ2n) is 3.42. The van der Waals surface area contributed by atoms with E-state index in [-0.39, 0.29) is 15.6 Å². The van der Waals surface area contributed by atoms with Crippen molar-refractivity contribution >= 4 is 44.7 Å². The molecular weight excluding hydrogens is 312 g/mol. The van der Waals surface area contributed by atoms with Gasteiger partial charge in [-0.1, -0.05) is 11.6 Å². The first-order chi connectivity index (χ1) is 8.88. The molecule has 0 saturated carbocycles. The third kappa shape index (κ3) is 3.22. The molecule has 2 heterocycles. The molecular formula is C10H7ClN2O4S2. The summed E-state index contributed by atoms with van der Waals surface area (Å²) in [4.78, 5) is 14.3. The van der Waals surface area contributed by atoms with E-state index in [2.05, 4.69) is 9.71 Å². The maximum Gasteiger partial charge on any atom is 0.345 e. The van der Waals surface area contributed by atoms with Crippen LogP contribution in [0.4, 0.5) is 5.82 Å². The zero-order valence-corrected chi connectivity index (χ0v) is 11.6. The van der Waals surface area contributed by atoms with Gasteiger partial charge in [0.15, 0.2) is 0 Å². The molecule has 2 rings (SSSR count). The maximum absolute atomic E-state index is 12.0. The summed E-state index contributed by atoms with van der Waals surface area (Å²) in [5.41, 5.74) is 0. The minimum Gasteiger partial charge on any atom is -0.477 e. The summed E-state index contributed by atoms with van der Waals surface area (Å²) < 4.78 is 26.2. The van der Waals surface area contributed by atoms with Crippen LogP contribution in [0.2, 0.25) is 5.02 Å². The normalized spacial score (nSPS) is 11.2. The summed E-state index contributed by atoms with van der Waals surface area (Å²) >= 11 is 6.55. The molecule has 0 radical (unpaired) electrons. The maximum atomic E-state index is 12.0. The highest BCUT2D eigenvalue weighted by molar-refractivity contribution is 7.92. The van der Waals surface area contributed by atoms with Crippen molar-refractivity contribution in [3.8, 4) is 0 Å². The van der Waals surface area contributed by atoms with Crippen molar-refractivity contribution in [2.45, 2.75) is 4.90 Å². The minimum absolute atomic E-state index is 0.0561. The third-order valence-electron chi connectivity index (χ3n) is 2.06. The number of hydrogen-bond donors (Lipinski definition) is 2. The largest absolute Gasteiger partial charge is 0.477 e. The van der Waals surface area contributed by atoms with E-state index < -0.39 is 16.0 Å². The van der Waals surface area contributed by atoms with E-state index in [1.807, 2.05) is 0 Å². The molecule has 0 saturated heterocycles. The predicted octanol–water partition coefficient (Wildman–Crippen LogP) is 2.30. The van der Waals surface area contributed by atoms with Gasteiger partial charge < -0.3 is 5.11 Å². The Balaban J connectivity index is 2.29. The summed E-state index contributed by atoms with van der Waals surface area (Å²) in [5.74, 6) is -1.11. The third-order valence-corrected chi connectivity index (χ3v) is 4.69. The lowest BCUT2D eigenvalue weighted by Gasteiger charge is -2.05. The van der Waals surface area contributed by atoms with Gasteiger partial charge in [-0.3, -0.25) is 4.72 Å². The molecule has 0 aliphatic rings. The highest BCUT2D eigenvalue weighted by Gasteiger charge is 2.19. The van der Waals surface area contributed by atoms with Crippen LogP contribution in [0.5, 0.6) is 0 Å². The smallest absolute Gasteiger partial charge is 0.345 e. The Morgan fingerprint density at radius 1 is 1.42 bits per heavy atom. The van der Waals surface area contributed by atoms with Crippen molar-refractivity contribution in [1.82, 2.24) is 4.98 Å². The SMILES string of the molecule is O=C(O)c1cc(S(=O)(=O)Nc2cc(Cl)ccn2)cs1. The van der Waals surface area contributed by atoms with Crippen LogP contribution >= 0.6 is 22.9 Å². The Hall–Kier alpha value is -1.64. The molecule has 100 valence electrons. The van der Waals surface area contributed by atoms with Crippen molar-refractivity contribution in [3.05, 3.63) is 39.7 Å². The Bertz CT molecular complexity index is 727. The summed E-state index contributed by atoms with van der Waals surface area (Å²) in [6, 6.07) is 3.94. The first-order valence-corrected chi connectivity index (χ1v) is 7.59. The van der Waals surface area contributed by atoms with Gasteiger partial charge in [0.2, 0.25) is 0 Å². The molecule has 0 unspecified atom stereocenters. The quantitative estimate of drug-likeness (QED) is 0.901. The van der Waals surface area contributed by atoms with Crippen LogP contribution in [0.25, 0.3) is 0 Å². The summed E-state index contributed by atoms with van der Waals surface area (Å²) in [7, 11) is -3.87. The molecule has 6 nitrogen and oxygen atoms in total. The van der Waals surface area contributed by atoms with Crippen molar-refractivity contribution in [3.63, 3.8) is 0 Å². The monoisotopic (exact) mass is 318 g/mol. The number of carbonyl (C=O) groups is 1. The van der Waals surface area contributed by atoms with E-state index in [0.29, 0.717) is 5.02 Å². The molecule has 0 fully saturated rings. The topological polar surface area (TPSA) is 96.4 Å². The average molecular weight is 319 g/mol. The molecule has 9 heteroatoms. The van der Waals surface area contributed by atoms with E-state index in [0.717, 1.165) is 17.4 Å². The van der Waals surface area contributed by atoms with Gasteiger partial charge in [0.25, 0.3) is 10.0 Å². The van der Waals surface area contributed by atoms with E-state index in [1.165, 1.54) is 23.7 Å². The molecule has 0 amide bonds. The predicted molar refractivity (Wildman–Crippen MR) is 71.3 cm³/mol. The number of anilines is 1. The van der Waals surface area contributed by atoms with E-state index in [4.69, 9.17) is 16.7 Å². The number of carboxylic acids is 1. The fourth-order valence-corrected chi connectivity index (χ4v) is 3.50. The van der Waals surface area contributed by atoms with E-state index >= 15 is 0 Å². The Morgan fingerprint density at radius 3 is 2.74 bits per heavy atom. The van der Waals surface area contributed by atoms with Crippen molar-refractivity contribution in [2.24, 2.45) is 0 Å². The van der Waals surface area contributed by atoms with Gasteiger partial charge in [-0.15, -0.1) is 11.3 Å². The zero-order chi connectivity index (χ0) is 14.0. The molecule has 2 N–H and O–H groups in total. The average Bonchev–Trinajstić information content (AvgIpc) is 2.78. The number of nitrogens with one attached hydrogen (secondary N) is 1. The summed E-state index contributed by atoms with van der Waals surface area (Å²) in [6.45, 7) is 0. The molecule has 19 heavy (non-hydrogen) atoms. The van der Waals surface area contributed by atoms with Crippen LogP contribution in [-0.4, -0.2) is 24.5 Å². The van der Waals surface area contributed by atoms with Crippen LogP contribution in [0.3, 0.4) is 0 Å². The highest BCUT2D eigenvalue weighted by atomic mass is 35.5. The molecule has 0 bridgehead atoms. The van der Waals surface area contributed by atoms with Crippen LogP contribution in [-0.2, 0) is 10.0 Å². The fourth-order valence-electron chi connectivity index (χ4n) is 1.23. The van der Waals surface area contributed by atoms with E-state index in [9.17, 15) is 13.2 Å².